The smallest absolute Gasteiger partial charge is 0.373 e. The van der Waals surface area contributed by atoms with E-state index in [-0.39, 0.29) is 17.4 Å². The number of hydrogen-bond acceptors (Lipinski definition) is 8. The number of hydrogen-bond donors (Lipinski definition) is 1. The zero-order valence-corrected chi connectivity index (χ0v) is 15.5. The molecule has 0 aliphatic carbocycles. The lowest BCUT2D eigenvalue weighted by Gasteiger charge is -2.13. The molecule has 2 aromatic carbocycles. The molecular formula is C19H18N4O5. The summed E-state index contributed by atoms with van der Waals surface area (Å²) in [5, 5.41) is 14.6. The van der Waals surface area contributed by atoms with Gasteiger partial charge in [0.05, 0.1) is 24.8 Å². The molecule has 0 unspecified atom stereocenters. The van der Waals surface area contributed by atoms with Crippen molar-refractivity contribution in [1.82, 2.24) is 9.97 Å². The third kappa shape index (κ3) is 4.09. The van der Waals surface area contributed by atoms with Crippen molar-refractivity contribution in [2.24, 2.45) is 0 Å². The van der Waals surface area contributed by atoms with Gasteiger partial charge in [0.2, 0.25) is 5.82 Å². The highest BCUT2D eigenvalue weighted by molar-refractivity contribution is 5.72. The Morgan fingerprint density at radius 2 is 1.71 bits per heavy atom. The van der Waals surface area contributed by atoms with Crippen LogP contribution in [0.4, 0.5) is 17.2 Å². The number of ether oxygens (including phenoxy) is 3. The normalized spacial score (nSPS) is 10.2. The van der Waals surface area contributed by atoms with Crippen LogP contribution >= 0.6 is 0 Å². The molecule has 0 aliphatic heterocycles. The number of nitro groups is 1. The summed E-state index contributed by atoms with van der Waals surface area (Å²) in [6.07, 6.45) is 1.19. The average molecular weight is 382 g/mol. The predicted octanol–water partition coefficient (Wildman–Crippen LogP) is 4.25. The van der Waals surface area contributed by atoms with Crippen LogP contribution in [0.1, 0.15) is 5.56 Å². The molecule has 3 aromatic rings. The Labute approximate surface area is 161 Å². The predicted molar refractivity (Wildman–Crippen MR) is 103 cm³/mol. The lowest BCUT2D eigenvalue weighted by atomic mass is 10.2. The van der Waals surface area contributed by atoms with Crippen molar-refractivity contribution in [2.75, 3.05) is 19.5 Å². The fourth-order valence-electron chi connectivity index (χ4n) is 2.44. The Balaban J connectivity index is 1.98. The van der Waals surface area contributed by atoms with E-state index in [9.17, 15) is 10.1 Å². The minimum Gasteiger partial charge on any atom is -0.497 e. The van der Waals surface area contributed by atoms with Crippen LogP contribution in [0.2, 0.25) is 0 Å². The van der Waals surface area contributed by atoms with Gasteiger partial charge in [0.25, 0.3) is 0 Å². The number of benzene rings is 2. The van der Waals surface area contributed by atoms with E-state index in [1.807, 2.05) is 19.1 Å². The molecule has 9 heteroatoms. The molecule has 0 bridgehead atoms. The van der Waals surface area contributed by atoms with Crippen LogP contribution in [-0.4, -0.2) is 29.1 Å². The second kappa shape index (κ2) is 8.21. The molecule has 0 fully saturated rings. The lowest BCUT2D eigenvalue weighted by Crippen LogP contribution is -2.04. The van der Waals surface area contributed by atoms with Gasteiger partial charge in [0.1, 0.15) is 23.6 Å². The van der Waals surface area contributed by atoms with Gasteiger partial charge >= 0.3 is 11.6 Å². The van der Waals surface area contributed by atoms with E-state index in [0.717, 1.165) is 5.56 Å². The maximum Gasteiger partial charge on any atom is 0.373 e. The van der Waals surface area contributed by atoms with Crippen molar-refractivity contribution in [3.63, 3.8) is 0 Å². The molecule has 1 N–H and O–H groups in total. The quantitative estimate of drug-likeness (QED) is 0.477. The first-order chi connectivity index (χ1) is 13.5. The highest BCUT2D eigenvalue weighted by Gasteiger charge is 2.26. The Morgan fingerprint density at radius 1 is 1.00 bits per heavy atom. The number of rotatable bonds is 7. The number of methoxy groups -OCH3 is 2. The molecule has 0 saturated carbocycles. The summed E-state index contributed by atoms with van der Waals surface area (Å²) in [6, 6.07) is 12.1. The Kier molecular flexibility index (Phi) is 5.54. The lowest BCUT2D eigenvalue weighted by molar-refractivity contribution is -0.385. The zero-order chi connectivity index (χ0) is 20.1. The molecule has 1 aromatic heterocycles. The van der Waals surface area contributed by atoms with Crippen molar-refractivity contribution in [1.29, 1.82) is 0 Å². The summed E-state index contributed by atoms with van der Waals surface area (Å²) in [4.78, 5) is 19.0. The second-order valence-electron chi connectivity index (χ2n) is 5.74. The molecular weight excluding hydrogens is 364 g/mol. The van der Waals surface area contributed by atoms with Gasteiger partial charge in [0, 0.05) is 6.07 Å². The third-order valence-corrected chi connectivity index (χ3v) is 3.87. The summed E-state index contributed by atoms with van der Waals surface area (Å²) >= 11 is 0. The second-order valence-corrected chi connectivity index (χ2v) is 5.74. The molecule has 0 saturated heterocycles. The van der Waals surface area contributed by atoms with E-state index in [2.05, 4.69) is 15.3 Å². The number of anilines is 2. The first kappa shape index (κ1) is 18.9. The van der Waals surface area contributed by atoms with Crippen molar-refractivity contribution >= 4 is 17.2 Å². The fraction of sp³-hybridized carbons (Fsp3) is 0.158. The molecule has 9 nitrogen and oxygen atoms in total. The van der Waals surface area contributed by atoms with Gasteiger partial charge in [-0.2, -0.15) is 4.98 Å². The number of nitrogens with one attached hydrogen (secondary N) is 1. The van der Waals surface area contributed by atoms with Crippen LogP contribution in [-0.2, 0) is 0 Å². The first-order valence-electron chi connectivity index (χ1n) is 8.24. The highest BCUT2D eigenvalue weighted by Crippen LogP contribution is 2.38. The van der Waals surface area contributed by atoms with E-state index in [1.54, 1.807) is 30.3 Å². The van der Waals surface area contributed by atoms with Gasteiger partial charge in [-0.3, -0.25) is 10.1 Å². The van der Waals surface area contributed by atoms with E-state index >= 15 is 0 Å². The van der Waals surface area contributed by atoms with Crippen molar-refractivity contribution < 1.29 is 19.1 Å². The maximum atomic E-state index is 11.7. The average Bonchev–Trinajstić information content (AvgIpc) is 2.70. The molecule has 28 heavy (non-hydrogen) atoms. The SMILES string of the molecule is COc1ccc(Nc2ncnc(Oc3ccc(C)cc3)c2[N+](=O)[O-])c(OC)c1. The summed E-state index contributed by atoms with van der Waals surface area (Å²) in [6.45, 7) is 1.93. The van der Waals surface area contributed by atoms with Crippen LogP contribution in [0.15, 0.2) is 48.8 Å². The van der Waals surface area contributed by atoms with Gasteiger partial charge in [-0.1, -0.05) is 17.7 Å². The van der Waals surface area contributed by atoms with E-state index in [0.29, 0.717) is 22.9 Å². The molecule has 144 valence electrons. The molecule has 0 spiro atoms. The van der Waals surface area contributed by atoms with Crippen LogP contribution in [0.25, 0.3) is 0 Å². The summed E-state index contributed by atoms with van der Waals surface area (Å²) in [5.41, 5.74) is 1.13. The molecule has 0 radical (unpaired) electrons. The van der Waals surface area contributed by atoms with Gasteiger partial charge in [0.15, 0.2) is 0 Å². The topological polar surface area (TPSA) is 109 Å². The molecule has 1 heterocycles. The van der Waals surface area contributed by atoms with E-state index in [1.165, 1.54) is 20.5 Å². The third-order valence-electron chi connectivity index (χ3n) is 3.87. The molecule has 0 aliphatic rings. The summed E-state index contributed by atoms with van der Waals surface area (Å²) in [7, 11) is 3.02. The molecule has 0 atom stereocenters. The molecule has 0 amide bonds. The van der Waals surface area contributed by atoms with E-state index in [4.69, 9.17) is 14.2 Å². The minimum absolute atomic E-state index is 0.0226. The van der Waals surface area contributed by atoms with Crippen LogP contribution in [0, 0.1) is 17.0 Å². The van der Waals surface area contributed by atoms with Crippen LogP contribution < -0.4 is 19.5 Å². The minimum atomic E-state index is -0.595. The highest BCUT2D eigenvalue weighted by atomic mass is 16.6. The summed E-state index contributed by atoms with van der Waals surface area (Å²) in [5.74, 6) is 1.26. The van der Waals surface area contributed by atoms with Gasteiger partial charge < -0.3 is 19.5 Å². The van der Waals surface area contributed by atoms with Crippen molar-refractivity contribution in [3.8, 4) is 23.1 Å². The zero-order valence-electron chi connectivity index (χ0n) is 15.5. The van der Waals surface area contributed by atoms with Crippen molar-refractivity contribution in [3.05, 3.63) is 64.5 Å². The Bertz CT molecular complexity index is 992. The largest absolute Gasteiger partial charge is 0.497 e. The number of aromatic nitrogens is 2. The van der Waals surface area contributed by atoms with Crippen LogP contribution in [0.5, 0.6) is 23.1 Å². The van der Waals surface area contributed by atoms with Gasteiger partial charge in [-0.25, -0.2) is 4.98 Å². The van der Waals surface area contributed by atoms with Crippen molar-refractivity contribution in [2.45, 2.75) is 6.92 Å². The Hall–Kier alpha value is -3.88. The number of aryl methyl sites for hydroxylation is 1. The van der Waals surface area contributed by atoms with Gasteiger partial charge in [-0.15, -0.1) is 0 Å². The first-order valence-corrected chi connectivity index (χ1v) is 8.24. The standard InChI is InChI=1S/C19H18N4O5/c1-12-4-6-13(7-5-12)28-19-17(23(24)25)18(20-11-21-19)22-15-9-8-14(26-2)10-16(15)27-3/h4-11H,1-3H3,(H,20,21,22). The summed E-state index contributed by atoms with van der Waals surface area (Å²) < 4.78 is 16.1. The fourth-order valence-corrected chi connectivity index (χ4v) is 2.44. The Morgan fingerprint density at radius 3 is 2.36 bits per heavy atom. The number of nitrogens with zero attached hydrogens (tertiary/aromatic N) is 3. The molecule has 3 rings (SSSR count). The maximum absolute atomic E-state index is 11.7. The van der Waals surface area contributed by atoms with Gasteiger partial charge in [-0.05, 0) is 31.2 Å². The monoisotopic (exact) mass is 382 g/mol. The van der Waals surface area contributed by atoms with E-state index < -0.39 is 4.92 Å². The van der Waals surface area contributed by atoms with Crippen LogP contribution in [0.3, 0.4) is 0 Å².